The predicted molar refractivity (Wildman–Crippen MR) is 88.4 cm³/mol. The fraction of sp³-hybridized carbons (Fsp3) is 1.00. The van der Waals surface area contributed by atoms with Crippen molar-refractivity contribution >= 4 is 0 Å². The molecular weight excluding hydrogens is 272 g/mol. The van der Waals surface area contributed by atoms with Gasteiger partial charge in [-0.15, -0.1) is 0 Å². The van der Waals surface area contributed by atoms with E-state index in [1.807, 2.05) is 0 Å². The Morgan fingerprint density at radius 1 is 0.773 bits per heavy atom. The van der Waals surface area contributed by atoms with Crippen molar-refractivity contribution in [2.45, 2.75) is 71.5 Å². The topological polar surface area (TPSA) is 18.5 Å². The maximum Gasteiger partial charge on any atom is 0.157 e. The van der Waals surface area contributed by atoms with E-state index in [4.69, 9.17) is 9.47 Å². The van der Waals surface area contributed by atoms with Gasteiger partial charge in [-0.2, -0.15) is 0 Å². The Kier molecular flexibility index (Phi) is 4.52. The summed E-state index contributed by atoms with van der Waals surface area (Å²) < 4.78 is 11.5. The highest BCUT2D eigenvalue weighted by Gasteiger charge is 2.59. The van der Waals surface area contributed by atoms with E-state index in [9.17, 15) is 0 Å². The van der Waals surface area contributed by atoms with Gasteiger partial charge in [0.15, 0.2) is 6.29 Å². The van der Waals surface area contributed by atoms with Crippen molar-refractivity contribution in [1.82, 2.24) is 0 Å². The van der Waals surface area contributed by atoms with Crippen LogP contribution in [0.4, 0.5) is 0 Å². The van der Waals surface area contributed by atoms with Crippen molar-refractivity contribution in [3.05, 3.63) is 0 Å². The van der Waals surface area contributed by atoms with E-state index in [-0.39, 0.29) is 6.29 Å². The minimum atomic E-state index is 0.109. The molecule has 1 saturated heterocycles. The van der Waals surface area contributed by atoms with Crippen molar-refractivity contribution in [2.24, 2.45) is 41.4 Å². The Morgan fingerprint density at radius 2 is 1.50 bits per heavy atom. The van der Waals surface area contributed by atoms with Crippen molar-refractivity contribution in [1.29, 1.82) is 0 Å². The van der Waals surface area contributed by atoms with Crippen LogP contribution >= 0.6 is 0 Å². The molecule has 2 nitrogen and oxygen atoms in total. The molecule has 3 saturated carbocycles. The van der Waals surface area contributed by atoms with E-state index in [0.29, 0.717) is 0 Å². The lowest BCUT2D eigenvalue weighted by atomic mass is 9.69. The third-order valence-corrected chi connectivity index (χ3v) is 7.68. The highest BCUT2D eigenvalue weighted by Crippen LogP contribution is 2.66. The second kappa shape index (κ2) is 6.43. The van der Waals surface area contributed by atoms with Crippen LogP contribution in [0.1, 0.15) is 65.2 Å². The molecule has 0 spiro atoms. The first-order chi connectivity index (χ1) is 10.8. The maximum atomic E-state index is 5.76. The van der Waals surface area contributed by atoms with E-state index in [0.717, 1.165) is 67.5 Å². The van der Waals surface area contributed by atoms with Crippen LogP contribution in [0.5, 0.6) is 0 Å². The minimum Gasteiger partial charge on any atom is -0.353 e. The molecule has 0 radical (unpaired) electrons. The van der Waals surface area contributed by atoms with Crippen LogP contribution in [0.25, 0.3) is 0 Å². The summed E-state index contributed by atoms with van der Waals surface area (Å²) in [7, 11) is 0. The fourth-order valence-corrected chi connectivity index (χ4v) is 6.92. The second-order valence-electron chi connectivity index (χ2n) is 8.48. The standard InChI is InChI=1S/C20H34O2/c1-3-13-10-14(4-2)20-17-12-16(19(13)20)11-15(17)6-7-18-21-8-5-9-22-18/h13-20H,3-12H2,1-2H3. The number of ether oxygens (including phenoxy) is 2. The van der Waals surface area contributed by atoms with E-state index in [2.05, 4.69) is 13.8 Å². The Balaban J connectivity index is 1.37. The average Bonchev–Trinajstić information content (AvgIpc) is 3.23. The van der Waals surface area contributed by atoms with Gasteiger partial charge in [-0.25, -0.2) is 0 Å². The van der Waals surface area contributed by atoms with E-state index in [1.54, 1.807) is 6.42 Å². The highest BCUT2D eigenvalue weighted by atomic mass is 16.7. The van der Waals surface area contributed by atoms with Crippen LogP contribution < -0.4 is 0 Å². The number of rotatable bonds is 5. The zero-order chi connectivity index (χ0) is 15.1. The van der Waals surface area contributed by atoms with E-state index < -0.39 is 0 Å². The lowest BCUT2D eigenvalue weighted by Crippen LogP contribution is -2.31. The lowest BCUT2D eigenvalue weighted by molar-refractivity contribution is -0.183. The van der Waals surface area contributed by atoms with Crippen LogP contribution in [0.3, 0.4) is 0 Å². The van der Waals surface area contributed by atoms with Gasteiger partial charge in [-0.05, 0) is 80.0 Å². The predicted octanol–water partition coefficient (Wildman–Crippen LogP) is 4.87. The third-order valence-electron chi connectivity index (χ3n) is 7.68. The van der Waals surface area contributed by atoms with Crippen LogP contribution in [0.2, 0.25) is 0 Å². The molecule has 1 aliphatic heterocycles. The largest absolute Gasteiger partial charge is 0.353 e. The average molecular weight is 306 g/mol. The van der Waals surface area contributed by atoms with Crippen LogP contribution in [0.15, 0.2) is 0 Å². The first-order valence-corrected chi connectivity index (χ1v) is 10.0. The summed E-state index contributed by atoms with van der Waals surface area (Å²) >= 11 is 0. The van der Waals surface area contributed by atoms with Gasteiger partial charge < -0.3 is 9.47 Å². The molecule has 0 aromatic carbocycles. The molecule has 0 N–H and O–H groups in total. The van der Waals surface area contributed by atoms with Gasteiger partial charge in [0, 0.05) is 0 Å². The quantitative estimate of drug-likeness (QED) is 0.721. The summed E-state index contributed by atoms with van der Waals surface area (Å²) in [4.78, 5) is 0. The van der Waals surface area contributed by atoms with Gasteiger partial charge in [-0.3, -0.25) is 0 Å². The SMILES string of the molecule is CCC1CC(CC)C2C3CC(CC3CCC3OCCCO3)C12. The van der Waals surface area contributed by atoms with Gasteiger partial charge in [-0.1, -0.05) is 26.7 Å². The van der Waals surface area contributed by atoms with Crippen LogP contribution in [0, 0.1) is 41.4 Å². The molecule has 7 atom stereocenters. The molecule has 2 heteroatoms. The second-order valence-corrected chi connectivity index (χ2v) is 8.48. The fourth-order valence-electron chi connectivity index (χ4n) is 6.92. The Bertz CT molecular complexity index is 376. The summed E-state index contributed by atoms with van der Waals surface area (Å²) in [6.45, 7) is 6.68. The van der Waals surface area contributed by atoms with Crippen molar-refractivity contribution in [2.75, 3.05) is 13.2 Å². The Hall–Kier alpha value is -0.0800. The minimum absolute atomic E-state index is 0.109. The van der Waals surface area contributed by atoms with Crippen molar-refractivity contribution in [3.63, 3.8) is 0 Å². The molecular formula is C20H34O2. The monoisotopic (exact) mass is 306 g/mol. The molecule has 4 fully saturated rings. The normalized spacial score (nSPS) is 48.0. The van der Waals surface area contributed by atoms with Gasteiger partial charge in [0.05, 0.1) is 13.2 Å². The molecule has 2 bridgehead atoms. The first kappa shape index (κ1) is 15.4. The van der Waals surface area contributed by atoms with Gasteiger partial charge in [0.2, 0.25) is 0 Å². The van der Waals surface area contributed by atoms with Gasteiger partial charge in [0.1, 0.15) is 0 Å². The van der Waals surface area contributed by atoms with Crippen LogP contribution in [-0.2, 0) is 9.47 Å². The molecule has 0 aromatic heterocycles. The van der Waals surface area contributed by atoms with Crippen LogP contribution in [-0.4, -0.2) is 19.5 Å². The van der Waals surface area contributed by atoms with Crippen molar-refractivity contribution in [3.8, 4) is 0 Å². The number of hydrogen-bond donors (Lipinski definition) is 0. The summed E-state index contributed by atoms with van der Waals surface area (Å²) in [5, 5.41) is 0. The maximum absolute atomic E-state index is 5.76. The number of hydrogen-bond acceptors (Lipinski definition) is 2. The first-order valence-electron chi connectivity index (χ1n) is 10.0. The third kappa shape index (κ3) is 2.55. The summed E-state index contributed by atoms with van der Waals surface area (Å²) in [6.07, 6.45) is 11.1. The molecule has 7 unspecified atom stereocenters. The Morgan fingerprint density at radius 3 is 2.23 bits per heavy atom. The zero-order valence-corrected chi connectivity index (χ0v) is 14.5. The highest BCUT2D eigenvalue weighted by molar-refractivity contribution is 5.07. The summed E-state index contributed by atoms with van der Waals surface area (Å²) in [6, 6.07) is 0. The molecule has 1 heterocycles. The molecule has 0 aromatic rings. The summed E-state index contributed by atoms with van der Waals surface area (Å²) in [5.41, 5.74) is 0. The van der Waals surface area contributed by atoms with Gasteiger partial charge >= 0.3 is 0 Å². The Labute approximate surface area is 136 Å². The smallest absolute Gasteiger partial charge is 0.157 e. The lowest BCUT2D eigenvalue weighted by Gasteiger charge is -2.36. The molecule has 22 heavy (non-hydrogen) atoms. The molecule has 3 aliphatic carbocycles. The molecule has 4 rings (SSSR count). The zero-order valence-electron chi connectivity index (χ0n) is 14.5. The summed E-state index contributed by atoms with van der Waals surface area (Å²) in [5.74, 6) is 7.34. The van der Waals surface area contributed by atoms with Gasteiger partial charge in [0.25, 0.3) is 0 Å². The van der Waals surface area contributed by atoms with E-state index in [1.165, 1.54) is 32.1 Å². The van der Waals surface area contributed by atoms with Crippen molar-refractivity contribution < 1.29 is 9.47 Å². The molecule has 4 aliphatic rings. The molecule has 126 valence electrons. The number of fused-ring (bicyclic) bond motifs is 5. The van der Waals surface area contributed by atoms with E-state index >= 15 is 0 Å². The molecule has 0 amide bonds.